The third kappa shape index (κ3) is 3.82. The number of carbonyl (C=O) groups is 1. The summed E-state index contributed by atoms with van der Waals surface area (Å²) in [6, 6.07) is 0. The van der Waals surface area contributed by atoms with Crippen LogP contribution in [0, 0.1) is 11.8 Å². The van der Waals surface area contributed by atoms with Crippen LogP contribution in [0.2, 0.25) is 0 Å². The average Bonchev–Trinajstić information content (AvgIpc) is 2.46. The minimum atomic E-state index is -0.740. The van der Waals surface area contributed by atoms with E-state index < -0.39 is 5.97 Å². The molecule has 0 aliphatic heterocycles. The quantitative estimate of drug-likeness (QED) is 0.597. The van der Waals surface area contributed by atoms with E-state index in [0.29, 0.717) is 17.4 Å². The van der Waals surface area contributed by atoms with Crippen molar-refractivity contribution in [2.75, 3.05) is 0 Å². The Morgan fingerprint density at radius 2 is 1.79 bits per heavy atom. The summed E-state index contributed by atoms with van der Waals surface area (Å²) >= 11 is 0. The summed E-state index contributed by atoms with van der Waals surface area (Å²) in [5.41, 5.74) is 1.80. The van der Waals surface area contributed by atoms with Gasteiger partial charge in [-0.25, -0.2) is 4.79 Å². The number of carboxylic acid groups (broad SMARTS) is 1. The molecule has 0 radical (unpaired) electrons. The van der Waals surface area contributed by atoms with E-state index in [1.54, 1.807) is 6.92 Å². The lowest BCUT2D eigenvalue weighted by Gasteiger charge is -2.27. The second-order valence-electron chi connectivity index (χ2n) is 5.79. The van der Waals surface area contributed by atoms with Crippen molar-refractivity contribution in [2.24, 2.45) is 11.8 Å². The Balaban J connectivity index is 2.14. The molecule has 1 N–H and O–H groups in total. The van der Waals surface area contributed by atoms with Gasteiger partial charge in [0.25, 0.3) is 0 Å². The molecule has 0 bridgehead atoms. The van der Waals surface area contributed by atoms with E-state index in [1.165, 1.54) is 12.0 Å². The van der Waals surface area contributed by atoms with Gasteiger partial charge in [0, 0.05) is 5.57 Å². The lowest BCUT2D eigenvalue weighted by atomic mass is 9.78. The maximum Gasteiger partial charge on any atom is 0.331 e. The molecule has 0 heterocycles. The first-order valence-corrected chi connectivity index (χ1v) is 7.41. The zero-order valence-corrected chi connectivity index (χ0v) is 11.8. The van der Waals surface area contributed by atoms with Crippen LogP contribution < -0.4 is 0 Å². The normalized spacial score (nSPS) is 28.1. The Hall–Kier alpha value is -1.31. The summed E-state index contributed by atoms with van der Waals surface area (Å²) in [6.45, 7) is 1.79. The van der Waals surface area contributed by atoms with Gasteiger partial charge in [-0.1, -0.05) is 29.9 Å². The Morgan fingerprint density at radius 1 is 1.11 bits per heavy atom. The molecule has 0 aromatic carbocycles. The molecule has 0 spiro atoms. The van der Waals surface area contributed by atoms with E-state index in [0.717, 1.165) is 38.5 Å². The van der Waals surface area contributed by atoms with Gasteiger partial charge < -0.3 is 5.11 Å². The Bertz CT molecular complexity index is 415. The number of hydrogen-bond donors (Lipinski definition) is 1. The fraction of sp³-hybridized carbons (Fsp3) is 0.588. The van der Waals surface area contributed by atoms with Gasteiger partial charge in [0.1, 0.15) is 0 Å². The van der Waals surface area contributed by atoms with E-state index in [2.05, 4.69) is 24.3 Å². The van der Waals surface area contributed by atoms with Gasteiger partial charge in [-0.15, -0.1) is 0 Å². The molecule has 19 heavy (non-hydrogen) atoms. The van der Waals surface area contributed by atoms with Crippen LogP contribution in [0.15, 0.2) is 35.5 Å². The molecule has 104 valence electrons. The van der Waals surface area contributed by atoms with Gasteiger partial charge >= 0.3 is 5.97 Å². The molecule has 2 nitrogen and oxygen atoms in total. The molecule has 2 unspecified atom stereocenters. The molecule has 2 aliphatic rings. The first-order valence-electron chi connectivity index (χ1n) is 7.41. The summed E-state index contributed by atoms with van der Waals surface area (Å²) in [5.74, 6) is 0.350. The van der Waals surface area contributed by atoms with Crippen molar-refractivity contribution in [3.63, 3.8) is 0 Å². The predicted octanol–water partition coefficient (Wildman–Crippen LogP) is 4.49. The van der Waals surface area contributed by atoms with Crippen LogP contribution in [0.25, 0.3) is 0 Å². The van der Waals surface area contributed by atoms with Crippen molar-refractivity contribution in [2.45, 2.75) is 51.9 Å². The van der Waals surface area contributed by atoms with Crippen molar-refractivity contribution < 1.29 is 9.90 Å². The second kappa shape index (κ2) is 6.74. The maximum atomic E-state index is 11.3. The van der Waals surface area contributed by atoms with Crippen LogP contribution in [0.5, 0.6) is 0 Å². The zero-order chi connectivity index (χ0) is 13.7. The first-order chi connectivity index (χ1) is 9.18. The van der Waals surface area contributed by atoms with Crippen LogP contribution >= 0.6 is 0 Å². The molecule has 2 heteroatoms. The molecule has 2 aliphatic carbocycles. The van der Waals surface area contributed by atoms with Crippen LogP contribution in [-0.2, 0) is 4.79 Å². The van der Waals surface area contributed by atoms with E-state index in [4.69, 9.17) is 0 Å². The molecular formula is C17H24O2. The number of carboxylic acids is 1. The average molecular weight is 260 g/mol. The molecule has 0 fully saturated rings. The van der Waals surface area contributed by atoms with Gasteiger partial charge in [0.2, 0.25) is 0 Å². The number of allylic oxidation sites excluding steroid dienone is 5. The molecule has 0 saturated carbocycles. The summed E-state index contributed by atoms with van der Waals surface area (Å²) in [6.07, 6.45) is 16.6. The third-order valence-corrected chi connectivity index (χ3v) is 4.45. The highest BCUT2D eigenvalue weighted by molar-refractivity contribution is 5.86. The summed E-state index contributed by atoms with van der Waals surface area (Å²) < 4.78 is 0. The topological polar surface area (TPSA) is 37.3 Å². The highest BCUT2D eigenvalue weighted by atomic mass is 16.4. The maximum absolute atomic E-state index is 11.3. The predicted molar refractivity (Wildman–Crippen MR) is 77.9 cm³/mol. The van der Waals surface area contributed by atoms with Crippen molar-refractivity contribution in [3.05, 3.63) is 35.5 Å². The summed E-state index contributed by atoms with van der Waals surface area (Å²) in [5, 5.41) is 9.32. The molecule has 0 aromatic rings. The zero-order valence-electron chi connectivity index (χ0n) is 11.8. The highest BCUT2D eigenvalue weighted by Gasteiger charge is 2.23. The van der Waals surface area contributed by atoms with Crippen LogP contribution in [0.4, 0.5) is 0 Å². The SMILES string of the molecule is CC(C(=O)O)=C(CC1CC=CCC1)C1CC=CCC1. The molecular weight excluding hydrogens is 236 g/mol. The molecule has 0 aromatic heterocycles. The first kappa shape index (κ1) is 14.1. The molecule has 2 rings (SSSR count). The largest absolute Gasteiger partial charge is 0.478 e. The Kier molecular flexibility index (Phi) is 5.00. The van der Waals surface area contributed by atoms with Crippen molar-refractivity contribution in [1.82, 2.24) is 0 Å². The number of rotatable bonds is 4. The van der Waals surface area contributed by atoms with Crippen molar-refractivity contribution >= 4 is 5.97 Å². The van der Waals surface area contributed by atoms with Gasteiger partial charge in [0.05, 0.1) is 0 Å². The van der Waals surface area contributed by atoms with Crippen LogP contribution in [-0.4, -0.2) is 11.1 Å². The van der Waals surface area contributed by atoms with E-state index >= 15 is 0 Å². The third-order valence-electron chi connectivity index (χ3n) is 4.45. The van der Waals surface area contributed by atoms with Gasteiger partial charge in [0.15, 0.2) is 0 Å². The van der Waals surface area contributed by atoms with E-state index in [9.17, 15) is 9.90 Å². The van der Waals surface area contributed by atoms with Gasteiger partial charge in [-0.3, -0.25) is 0 Å². The minimum absolute atomic E-state index is 0.451. The van der Waals surface area contributed by atoms with Crippen LogP contribution in [0.1, 0.15) is 51.9 Å². The Labute approximate surface area is 115 Å². The van der Waals surface area contributed by atoms with Crippen molar-refractivity contribution in [1.29, 1.82) is 0 Å². The monoisotopic (exact) mass is 260 g/mol. The number of hydrogen-bond acceptors (Lipinski definition) is 1. The number of aliphatic carboxylic acids is 1. The highest BCUT2D eigenvalue weighted by Crippen LogP contribution is 2.35. The van der Waals surface area contributed by atoms with Gasteiger partial charge in [-0.2, -0.15) is 0 Å². The molecule has 0 amide bonds. The lowest BCUT2D eigenvalue weighted by Crippen LogP contribution is -2.16. The lowest BCUT2D eigenvalue weighted by molar-refractivity contribution is -0.132. The summed E-state index contributed by atoms with van der Waals surface area (Å²) in [7, 11) is 0. The summed E-state index contributed by atoms with van der Waals surface area (Å²) in [4.78, 5) is 11.3. The van der Waals surface area contributed by atoms with Crippen LogP contribution in [0.3, 0.4) is 0 Å². The Morgan fingerprint density at radius 3 is 2.32 bits per heavy atom. The van der Waals surface area contributed by atoms with Crippen molar-refractivity contribution in [3.8, 4) is 0 Å². The minimum Gasteiger partial charge on any atom is -0.478 e. The standard InChI is InChI=1S/C17H24O2/c1-13(17(18)19)16(15-10-6-3-7-11-15)12-14-8-4-2-5-9-14/h2-4,6,14-15H,5,7-12H2,1H3,(H,18,19). The van der Waals surface area contributed by atoms with E-state index in [-0.39, 0.29) is 0 Å². The fourth-order valence-electron chi connectivity index (χ4n) is 3.23. The molecule has 0 saturated heterocycles. The van der Waals surface area contributed by atoms with Gasteiger partial charge in [-0.05, 0) is 63.7 Å². The molecule has 2 atom stereocenters. The smallest absolute Gasteiger partial charge is 0.331 e. The second-order valence-corrected chi connectivity index (χ2v) is 5.79. The van der Waals surface area contributed by atoms with E-state index in [1.807, 2.05) is 0 Å². The fourth-order valence-corrected chi connectivity index (χ4v) is 3.23.